The molecule has 1 aliphatic rings. The molecule has 0 spiro atoms. The molecule has 0 saturated carbocycles. The van der Waals surface area contributed by atoms with Crippen molar-refractivity contribution in [2.24, 2.45) is 56.2 Å². The Morgan fingerprint density at radius 1 is 0.650 bits per heavy atom. The van der Waals surface area contributed by atoms with Crippen molar-refractivity contribution in [1.82, 2.24) is 36.9 Å². The summed E-state index contributed by atoms with van der Waals surface area (Å²) in [5.41, 5.74) is 37.0. The first kappa shape index (κ1) is 62.2. The lowest BCUT2D eigenvalue weighted by Crippen LogP contribution is -2.59. The quantitative estimate of drug-likeness (QED) is 0.0299. The third-order valence-corrected chi connectivity index (χ3v) is 13.7. The number of rotatable bonds is 20. The Hall–Kier alpha value is -8.67. The molecule has 0 unspecified atom stereocenters. The topological polar surface area (TPSA) is 422 Å². The van der Waals surface area contributed by atoms with Gasteiger partial charge in [-0.2, -0.15) is 0 Å². The van der Waals surface area contributed by atoms with Crippen molar-refractivity contribution in [3.63, 3.8) is 0 Å². The maximum Gasteiger partial charge on any atom is 0.243 e. The van der Waals surface area contributed by atoms with Gasteiger partial charge >= 0.3 is 0 Å². The van der Waals surface area contributed by atoms with E-state index in [2.05, 4.69) is 46.9 Å². The van der Waals surface area contributed by atoms with Crippen LogP contribution in [0.1, 0.15) is 87.3 Å². The molecule has 24 heteroatoms. The van der Waals surface area contributed by atoms with E-state index in [1.807, 2.05) is 24.3 Å². The zero-order valence-electron chi connectivity index (χ0n) is 45.0. The predicted molar refractivity (Wildman–Crippen MR) is 302 cm³/mol. The number of aliphatic imine (C=N–C) groups is 2. The number of nitrogens with two attached hydrogens (primary N) is 6. The number of carbonyl (C=O) groups excluding carboxylic acids is 9. The van der Waals surface area contributed by atoms with Crippen LogP contribution in [0.4, 0.5) is 0 Å². The van der Waals surface area contributed by atoms with Gasteiger partial charge in [0.1, 0.15) is 30.0 Å². The van der Waals surface area contributed by atoms with Crippen LogP contribution in [0, 0.1) is 11.8 Å². The second-order valence-corrected chi connectivity index (χ2v) is 19.9. The van der Waals surface area contributed by atoms with Gasteiger partial charge in [-0.25, -0.2) is 0 Å². The van der Waals surface area contributed by atoms with Gasteiger partial charge in [0.2, 0.25) is 41.4 Å². The number of hydrogen-bond donors (Lipinski definition) is 13. The summed E-state index contributed by atoms with van der Waals surface area (Å²) in [6.45, 7) is 0.123. The molecule has 0 bridgehead atoms. The summed E-state index contributed by atoms with van der Waals surface area (Å²) in [5, 5.41) is 17.1. The van der Waals surface area contributed by atoms with Gasteiger partial charge in [-0.1, -0.05) is 78.9 Å². The van der Waals surface area contributed by atoms with Crippen LogP contribution >= 0.6 is 0 Å². The molecule has 19 N–H and O–H groups in total. The van der Waals surface area contributed by atoms with Gasteiger partial charge in [0.05, 0.1) is 18.9 Å². The van der Waals surface area contributed by atoms with Crippen molar-refractivity contribution in [3.8, 4) is 0 Å². The third-order valence-electron chi connectivity index (χ3n) is 13.7. The summed E-state index contributed by atoms with van der Waals surface area (Å²) in [6, 6.07) is 18.3. The molecule has 7 amide bonds. The van der Waals surface area contributed by atoms with Gasteiger partial charge in [0.15, 0.2) is 17.7 Å². The first-order chi connectivity index (χ1) is 38.4. The number of Topliss-reactive ketones (excluding diaryl/α,β-unsaturated/α-hetero) is 2. The van der Waals surface area contributed by atoms with Crippen LogP contribution in [0.25, 0.3) is 10.9 Å². The number of primary amides is 1. The first-order valence-corrected chi connectivity index (χ1v) is 27.0. The molecule has 430 valence electrons. The lowest BCUT2D eigenvalue weighted by molar-refractivity contribution is -0.136. The maximum atomic E-state index is 14.8. The van der Waals surface area contributed by atoms with Crippen LogP contribution in [0.5, 0.6) is 0 Å². The molecule has 7 atom stereocenters. The monoisotopic (exact) mass is 1100 g/mol. The molecule has 1 fully saturated rings. The number of aromatic nitrogens is 1. The lowest BCUT2D eigenvalue weighted by atomic mass is 9.83. The number of nitrogens with one attached hydrogen (secondary N) is 7. The SMILES string of the molecule is NCC[C@@H]1NC(=O)[C@@H](NC(=O)[C@H](CCCN=C(N)N)NC(=O)Cc2ccccc2)CC(=O)NCCCC[C@@H](C(N)=O)NC(=O)[C@H](Cc2c[nH]c3ccccc23)CC(=O)[C@H](CCCN=C(N)N)CC(=O)[C@@H](Cc2ccccc2)NC1=O. The number of H-pyrrole nitrogens is 1. The fourth-order valence-electron chi connectivity index (χ4n) is 9.43. The summed E-state index contributed by atoms with van der Waals surface area (Å²) in [6.07, 6.45) is 1.37. The van der Waals surface area contributed by atoms with E-state index in [0.717, 1.165) is 16.5 Å². The van der Waals surface area contributed by atoms with Crippen molar-refractivity contribution in [1.29, 1.82) is 0 Å². The number of fused-ring (bicyclic) bond motifs is 1. The van der Waals surface area contributed by atoms with Gasteiger partial charge in [0, 0.05) is 61.4 Å². The molecule has 3 aromatic carbocycles. The smallest absolute Gasteiger partial charge is 0.243 e. The van der Waals surface area contributed by atoms with E-state index in [0.29, 0.717) is 11.1 Å². The molecule has 1 aliphatic heterocycles. The fourth-order valence-corrected chi connectivity index (χ4v) is 9.43. The molecule has 24 nitrogen and oxygen atoms in total. The highest BCUT2D eigenvalue weighted by Crippen LogP contribution is 2.26. The molecule has 1 saturated heterocycles. The normalized spacial score (nSPS) is 20.7. The molecule has 4 aromatic rings. The van der Waals surface area contributed by atoms with Crippen LogP contribution in [0.15, 0.2) is 101 Å². The van der Waals surface area contributed by atoms with Gasteiger partial charge in [-0.05, 0) is 93.5 Å². The summed E-state index contributed by atoms with van der Waals surface area (Å²) in [5.74, 6) is -8.67. The molecule has 0 aliphatic carbocycles. The lowest BCUT2D eigenvalue weighted by Gasteiger charge is -2.27. The molecular formula is C56H77N15O9. The van der Waals surface area contributed by atoms with E-state index >= 15 is 0 Å². The van der Waals surface area contributed by atoms with E-state index in [-0.39, 0.29) is 115 Å². The minimum Gasteiger partial charge on any atom is -0.370 e. The van der Waals surface area contributed by atoms with Crippen LogP contribution < -0.4 is 66.3 Å². The molecule has 1 aromatic heterocycles. The van der Waals surface area contributed by atoms with Gasteiger partial charge in [-0.15, -0.1) is 0 Å². The second kappa shape index (κ2) is 32.3. The van der Waals surface area contributed by atoms with Gasteiger partial charge < -0.3 is 71.3 Å². The second-order valence-electron chi connectivity index (χ2n) is 19.9. The number of hydrogen-bond acceptors (Lipinski definition) is 12. The summed E-state index contributed by atoms with van der Waals surface area (Å²) in [4.78, 5) is 138. The van der Waals surface area contributed by atoms with Crippen molar-refractivity contribution in [3.05, 3.63) is 108 Å². The Morgan fingerprint density at radius 2 is 1.29 bits per heavy atom. The number of carbonyl (C=O) groups is 9. The van der Waals surface area contributed by atoms with Crippen molar-refractivity contribution in [2.45, 2.75) is 120 Å². The van der Waals surface area contributed by atoms with E-state index in [1.54, 1.807) is 66.9 Å². The molecule has 5 rings (SSSR count). The summed E-state index contributed by atoms with van der Waals surface area (Å²) >= 11 is 0. The summed E-state index contributed by atoms with van der Waals surface area (Å²) in [7, 11) is 0. The van der Waals surface area contributed by atoms with E-state index in [1.165, 1.54) is 0 Å². The Balaban J connectivity index is 1.50. The highest BCUT2D eigenvalue weighted by atomic mass is 16.2. The average molecular weight is 1100 g/mol. The highest BCUT2D eigenvalue weighted by molar-refractivity contribution is 5.99. The molecule has 0 radical (unpaired) electrons. The van der Waals surface area contributed by atoms with Gasteiger partial charge in [-0.3, -0.25) is 53.1 Å². The number of amides is 7. The predicted octanol–water partition coefficient (Wildman–Crippen LogP) is -0.598. The number of nitrogens with zero attached hydrogens (tertiary/aromatic N) is 2. The van der Waals surface area contributed by atoms with Crippen LogP contribution in [0.3, 0.4) is 0 Å². The molecular weight excluding hydrogens is 1030 g/mol. The maximum absolute atomic E-state index is 14.8. The van der Waals surface area contributed by atoms with E-state index in [9.17, 15) is 43.2 Å². The van der Waals surface area contributed by atoms with Crippen LogP contribution in [0.2, 0.25) is 0 Å². The Bertz CT molecular complexity index is 2800. The third kappa shape index (κ3) is 20.9. The highest BCUT2D eigenvalue weighted by Gasteiger charge is 2.35. The molecule has 2 heterocycles. The number of guanidine groups is 2. The van der Waals surface area contributed by atoms with Crippen molar-refractivity contribution >= 4 is 75.7 Å². The van der Waals surface area contributed by atoms with Crippen molar-refractivity contribution in [2.75, 3.05) is 26.2 Å². The number of para-hydroxylation sites is 1. The Kier molecular flexibility index (Phi) is 25.1. The van der Waals surface area contributed by atoms with Crippen LogP contribution in [-0.4, -0.2) is 126 Å². The molecule has 80 heavy (non-hydrogen) atoms. The average Bonchev–Trinajstić information content (AvgIpc) is 3.84. The number of aromatic amines is 1. The largest absolute Gasteiger partial charge is 0.370 e. The fraction of sp³-hybridized carbons (Fsp3) is 0.446. The Morgan fingerprint density at radius 3 is 1.96 bits per heavy atom. The summed E-state index contributed by atoms with van der Waals surface area (Å²) < 4.78 is 0. The number of ketones is 2. The number of benzene rings is 3. The van der Waals surface area contributed by atoms with E-state index in [4.69, 9.17) is 34.4 Å². The van der Waals surface area contributed by atoms with Gasteiger partial charge in [0.25, 0.3) is 0 Å². The minimum absolute atomic E-state index is 0.0128. The van der Waals surface area contributed by atoms with Crippen LogP contribution in [-0.2, 0) is 62.4 Å². The van der Waals surface area contributed by atoms with E-state index < -0.39 is 108 Å². The standard InChI is InChI=1S/C56H77N15O9/c57-23-22-43-53(79)70-44(27-34-13-3-1-4-14-34)47(73)30-36(17-11-25-64-55(59)60)46(72)31-37(29-38-33-66-40-19-8-7-18-39(38)40)51(77)68-41(50(58)76)20-9-10-24-63-48(74)32-45(54(80)69-43)71-52(78)42(21-12-26-65-56(61)62)67-49(75)28-35-15-5-2-6-16-35/h1-8,13-16,18-19,33,36-37,41-45,66H,9-12,17,20-32,57H2,(H2,58,76)(H,63,74)(H,67,75)(H,68,77)(H,69,80)(H,70,79)(H,71,78)(H4,59,60,64)(H4,61,62,65)/t36-,37-,41+,42+,43+,44-,45+/m1/s1. The Labute approximate surface area is 464 Å². The first-order valence-electron chi connectivity index (χ1n) is 27.0. The minimum atomic E-state index is -1.64. The zero-order valence-corrected chi connectivity index (χ0v) is 45.0. The zero-order chi connectivity index (χ0) is 58.0. The van der Waals surface area contributed by atoms with Crippen molar-refractivity contribution < 1.29 is 43.2 Å².